The number of nitrogens with zero attached hydrogens (tertiary/aromatic N) is 4. The normalized spacial score (nSPS) is 22.2. The molecule has 3 aromatic carbocycles. The zero-order chi connectivity index (χ0) is 29.0. The van der Waals surface area contributed by atoms with E-state index >= 15 is 0 Å². The maximum atomic E-state index is 14.1. The number of nitrogens with one attached hydrogen (secondary N) is 1. The Morgan fingerprint density at radius 2 is 1.54 bits per heavy atom. The molecule has 3 aliphatic heterocycles. The zero-order valence-electron chi connectivity index (χ0n) is 21.4. The van der Waals surface area contributed by atoms with E-state index in [1.165, 1.54) is 43.5 Å². The number of ether oxygens (including phenoxy) is 1. The van der Waals surface area contributed by atoms with Crippen molar-refractivity contribution in [3.05, 3.63) is 98.6 Å². The van der Waals surface area contributed by atoms with Crippen molar-refractivity contribution in [2.45, 2.75) is 12.1 Å². The number of rotatable bonds is 6. The van der Waals surface area contributed by atoms with E-state index in [1.807, 2.05) is 18.2 Å². The summed E-state index contributed by atoms with van der Waals surface area (Å²) in [5.74, 6) is -3.90. The van der Waals surface area contributed by atoms with E-state index in [9.17, 15) is 34.6 Å². The van der Waals surface area contributed by atoms with Gasteiger partial charge in [0.15, 0.2) is 0 Å². The van der Waals surface area contributed by atoms with Crippen LogP contribution < -0.4 is 19.9 Å². The lowest BCUT2D eigenvalue weighted by molar-refractivity contribution is -0.385. The van der Waals surface area contributed by atoms with Gasteiger partial charge in [-0.15, -0.1) is 0 Å². The van der Waals surface area contributed by atoms with Gasteiger partial charge in [0, 0.05) is 35.6 Å². The number of nitro benzene ring substituents is 2. The Hall–Kier alpha value is -5.59. The van der Waals surface area contributed by atoms with Crippen LogP contribution in [0.3, 0.4) is 0 Å². The molecule has 3 heterocycles. The Labute approximate surface area is 231 Å². The summed E-state index contributed by atoms with van der Waals surface area (Å²) in [7, 11) is 1.32. The molecule has 3 aromatic rings. The highest BCUT2D eigenvalue weighted by Crippen LogP contribution is 2.50. The number of amides is 3. The Balaban J connectivity index is 1.43. The van der Waals surface area contributed by atoms with Crippen LogP contribution in [0.2, 0.25) is 0 Å². The van der Waals surface area contributed by atoms with Crippen LogP contribution in [-0.2, 0) is 14.4 Å². The van der Waals surface area contributed by atoms with Crippen LogP contribution in [0, 0.1) is 32.1 Å². The molecule has 0 radical (unpaired) electrons. The average Bonchev–Trinajstić information content (AvgIpc) is 3.45. The van der Waals surface area contributed by atoms with Crippen molar-refractivity contribution in [3.63, 3.8) is 0 Å². The number of imide groups is 1. The van der Waals surface area contributed by atoms with Crippen LogP contribution in [-0.4, -0.2) is 46.8 Å². The van der Waals surface area contributed by atoms with Crippen molar-refractivity contribution >= 4 is 52.2 Å². The first-order valence-electron chi connectivity index (χ1n) is 12.5. The van der Waals surface area contributed by atoms with Gasteiger partial charge in [-0.25, -0.2) is 4.90 Å². The smallest absolute Gasteiger partial charge is 0.271 e. The second-order valence-electron chi connectivity index (χ2n) is 9.73. The van der Waals surface area contributed by atoms with Crippen LogP contribution in [0.1, 0.15) is 5.56 Å². The summed E-state index contributed by atoms with van der Waals surface area (Å²) in [6, 6.07) is 14.3. The molecule has 13 heteroatoms. The van der Waals surface area contributed by atoms with Gasteiger partial charge in [0.25, 0.3) is 11.4 Å². The average molecular weight is 556 g/mol. The van der Waals surface area contributed by atoms with E-state index in [0.717, 1.165) is 16.5 Å². The van der Waals surface area contributed by atoms with Gasteiger partial charge in [-0.3, -0.25) is 34.6 Å². The molecule has 41 heavy (non-hydrogen) atoms. The zero-order valence-corrected chi connectivity index (χ0v) is 21.4. The van der Waals surface area contributed by atoms with Crippen molar-refractivity contribution in [3.8, 4) is 5.75 Å². The van der Waals surface area contributed by atoms with Gasteiger partial charge in [-0.2, -0.15) is 0 Å². The largest absolute Gasteiger partial charge is 0.495 e. The standard InChI is InChI=1S/C28H21N5O8/c1-41-22-13-11-18(33(39)40)14-21(22)31-27(35)23-20-12-6-15-4-2-3-5-19(15)30(20)25(24(23)28(31)36)26(34)29-16-7-9-17(10-8-16)32(37)38/h2-14,20,23-25H,1H3,(H,29,34)/t20-,23-,24-,25+/m1/s1. The fraction of sp³-hybridized carbons (Fsp3) is 0.179. The topological polar surface area (TPSA) is 165 Å². The third-order valence-electron chi connectivity index (χ3n) is 7.64. The van der Waals surface area contributed by atoms with E-state index in [4.69, 9.17) is 4.74 Å². The fourth-order valence-corrected chi connectivity index (χ4v) is 5.90. The molecule has 6 rings (SSSR count). The summed E-state index contributed by atoms with van der Waals surface area (Å²) in [5, 5.41) is 25.3. The predicted octanol–water partition coefficient (Wildman–Crippen LogP) is 3.54. The SMILES string of the molecule is COc1ccc([N+](=O)[O-])cc1N1C(=O)[C@@H]2[C@H](C1=O)[C@H]1C=Cc3ccccc3N1[C@@H]2C(=O)Nc1ccc([N+](=O)[O-])cc1. The third kappa shape index (κ3) is 3.97. The molecule has 3 aliphatic rings. The second kappa shape index (κ2) is 9.55. The first kappa shape index (κ1) is 25.7. The number of hydrogen-bond donors (Lipinski definition) is 1. The summed E-state index contributed by atoms with van der Waals surface area (Å²) in [5.41, 5.74) is 1.17. The number of fused-ring (bicyclic) bond motifs is 5. The number of anilines is 3. The monoisotopic (exact) mass is 555 g/mol. The third-order valence-corrected chi connectivity index (χ3v) is 7.64. The van der Waals surface area contributed by atoms with Crippen LogP contribution in [0.25, 0.3) is 6.08 Å². The molecule has 0 unspecified atom stereocenters. The van der Waals surface area contributed by atoms with Gasteiger partial charge in [0.1, 0.15) is 17.5 Å². The molecule has 0 aliphatic carbocycles. The Morgan fingerprint density at radius 1 is 0.878 bits per heavy atom. The molecule has 3 amide bonds. The van der Waals surface area contributed by atoms with Crippen molar-refractivity contribution in [2.75, 3.05) is 22.2 Å². The van der Waals surface area contributed by atoms with Crippen LogP contribution in [0.15, 0.2) is 72.8 Å². The Bertz CT molecular complexity index is 1670. The number of benzene rings is 3. The summed E-state index contributed by atoms with van der Waals surface area (Å²) >= 11 is 0. The predicted molar refractivity (Wildman–Crippen MR) is 146 cm³/mol. The van der Waals surface area contributed by atoms with Crippen molar-refractivity contribution in [1.82, 2.24) is 0 Å². The molecule has 2 saturated heterocycles. The quantitative estimate of drug-likeness (QED) is 0.272. The summed E-state index contributed by atoms with van der Waals surface area (Å²) in [4.78, 5) is 65.9. The lowest BCUT2D eigenvalue weighted by Crippen LogP contribution is -2.50. The first-order chi connectivity index (χ1) is 19.7. The van der Waals surface area contributed by atoms with E-state index in [2.05, 4.69) is 5.32 Å². The van der Waals surface area contributed by atoms with Gasteiger partial charge >= 0.3 is 0 Å². The first-order valence-corrected chi connectivity index (χ1v) is 12.5. The van der Waals surface area contributed by atoms with Gasteiger partial charge in [-0.1, -0.05) is 30.4 Å². The highest BCUT2D eigenvalue weighted by Gasteiger charge is 2.64. The number of carbonyl (C=O) groups is 3. The lowest BCUT2D eigenvalue weighted by Gasteiger charge is -2.36. The minimum atomic E-state index is -1.14. The number of non-ortho nitro benzene ring substituents is 2. The molecule has 206 valence electrons. The highest BCUT2D eigenvalue weighted by molar-refractivity contribution is 6.26. The minimum absolute atomic E-state index is 0.0765. The van der Waals surface area contributed by atoms with E-state index in [1.54, 1.807) is 23.1 Å². The summed E-state index contributed by atoms with van der Waals surface area (Å²) < 4.78 is 5.32. The van der Waals surface area contributed by atoms with Gasteiger partial charge in [0.05, 0.1) is 34.8 Å². The van der Waals surface area contributed by atoms with Crippen molar-refractivity contribution in [1.29, 1.82) is 0 Å². The second-order valence-corrected chi connectivity index (χ2v) is 9.73. The van der Waals surface area contributed by atoms with E-state index in [0.29, 0.717) is 5.69 Å². The van der Waals surface area contributed by atoms with Gasteiger partial charge in [-0.05, 0) is 29.8 Å². The molecule has 1 N–H and O–H groups in total. The molecule has 13 nitrogen and oxygen atoms in total. The van der Waals surface area contributed by atoms with Crippen molar-refractivity contribution in [2.24, 2.45) is 11.8 Å². The summed E-state index contributed by atoms with van der Waals surface area (Å²) in [6.45, 7) is 0. The lowest BCUT2D eigenvalue weighted by atomic mass is 9.88. The molecule has 4 atom stereocenters. The Kier molecular flexibility index (Phi) is 5.98. The van der Waals surface area contributed by atoms with Crippen LogP contribution >= 0.6 is 0 Å². The molecular formula is C28H21N5O8. The van der Waals surface area contributed by atoms with Crippen molar-refractivity contribution < 1.29 is 29.0 Å². The molecular weight excluding hydrogens is 534 g/mol. The number of hydrogen-bond acceptors (Lipinski definition) is 9. The van der Waals surface area contributed by atoms with Gasteiger partial charge < -0.3 is 15.0 Å². The minimum Gasteiger partial charge on any atom is -0.495 e. The molecule has 0 spiro atoms. The maximum Gasteiger partial charge on any atom is 0.271 e. The highest BCUT2D eigenvalue weighted by atomic mass is 16.6. The maximum absolute atomic E-state index is 14.1. The molecule has 0 bridgehead atoms. The van der Waals surface area contributed by atoms with E-state index < -0.39 is 51.5 Å². The number of methoxy groups -OCH3 is 1. The number of para-hydroxylation sites is 1. The van der Waals surface area contributed by atoms with Gasteiger partial charge in [0.2, 0.25) is 17.7 Å². The molecule has 0 aromatic heterocycles. The van der Waals surface area contributed by atoms with Crippen LogP contribution in [0.4, 0.5) is 28.4 Å². The fourth-order valence-electron chi connectivity index (χ4n) is 5.90. The Morgan fingerprint density at radius 3 is 2.22 bits per heavy atom. The number of nitro groups is 2. The number of carbonyl (C=O) groups excluding carboxylic acids is 3. The van der Waals surface area contributed by atoms with Crippen LogP contribution in [0.5, 0.6) is 5.75 Å². The molecule has 0 saturated carbocycles. The summed E-state index contributed by atoms with van der Waals surface area (Å²) in [6.07, 6.45) is 3.61. The van der Waals surface area contributed by atoms with E-state index in [-0.39, 0.29) is 28.5 Å². The molecule has 2 fully saturated rings.